The minimum absolute atomic E-state index is 0.487. The van der Waals surface area contributed by atoms with E-state index < -0.39 is 0 Å². The highest BCUT2D eigenvalue weighted by atomic mass is 32.2. The van der Waals surface area contributed by atoms with Crippen LogP contribution >= 0.6 is 11.9 Å². The Bertz CT molecular complexity index is 1030. The van der Waals surface area contributed by atoms with Crippen LogP contribution in [0, 0.1) is 0 Å². The number of benzene rings is 2. The van der Waals surface area contributed by atoms with E-state index in [-0.39, 0.29) is 0 Å². The van der Waals surface area contributed by atoms with Crippen LogP contribution in [0.25, 0.3) is 11.3 Å². The summed E-state index contributed by atoms with van der Waals surface area (Å²) in [7, 11) is 7.42. The van der Waals surface area contributed by atoms with Gasteiger partial charge in [-0.05, 0) is 75.4 Å². The van der Waals surface area contributed by atoms with Crippen LogP contribution in [0.5, 0.6) is 11.5 Å². The summed E-state index contributed by atoms with van der Waals surface area (Å²) in [5.74, 6) is 1.90. The van der Waals surface area contributed by atoms with Crippen molar-refractivity contribution in [2.75, 3.05) is 52.5 Å². The van der Waals surface area contributed by atoms with Gasteiger partial charge in [-0.1, -0.05) is 0 Å². The average Bonchev–Trinajstić information content (AvgIpc) is 2.79. The molecule has 3 rings (SSSR count). The predicted molar refractivity (Wildman–Crippen MR) is 132 cm³/mol. The van der Waals surface area contributed by atoms with Gasteiger partial charge in [0.2, 0.25) is 5.95 Å². The molecule has 170 valence electrons. The fraction of sp³-hybridized carbons (Fsp3) is 0.304. The van der Waals surface area contributed by atoms with Crippen LogP contribution in [0.1, 0.15) is 6.42 Å². The molecular formula is C23H30N6O2S. The van der Waals surface area contributed by atoms with Crippen LogP contribution < -0.4 is 25.2 Å². The van der Waals surface area contributed by atoms with Gasteiger partial charge in [0.25, 0.3) is 0 Å². The summed E-state index contributed by atoms with van der Waals surface area (Å²) in [6.07, 6.45) is 2.79. The third-order valence-corrected chi connectivity index (χ3v) is 5.57. The van der Waals surface area contributed by atoms with E-state index in [1.165, 1.54) is 0 Å². The van der Waals surface area contributed by atoms with Crippen molar-refractivity contribution in [3.63, 3.8) is 0 Å². The smallest absolute Gasteiger partial charge is 0.227 e. The second kappa shape index (κ2) is 11.6. The Morgan fingerprint density at radius 1 is 1.03 bits per heavy atom. The molecule has 2 aromatic carbocycles. The minimum atomic E-state index is 0.487. The first-order chi connectivity index (χ1) is 15.5. The molecular weight excluding hydrogens is 424 g/mol. The van der Waals surface area contributed by atoms with E-state index >= 15 is 0 Å². The van der Waals surface area contributed by atoms with Gasteiger partial charge in [-0.2, -0.15) is 0 Å². The molecule has 0 atom stereocenters. The van der Waals surface area contributed by atoms with Crippen LogP contribution in [0.3, 0.4) is 0 Å². The molecule has 1 aromatic heterocycles. The first kappa shape index (κ1) is 23.6. The van der Waals surface area contributed by atoms with Crippen LogP contribution in [0.4, 0.5) is 17.3 Å². The molecule has 0 saturated heterocycles. The van der Waals surface area contributed by atoms with Gasteiger partial charge < -0.3 is 25.4 Å². The summed E-state index contributed by atoms with van der Waals surface area (Å²) < 4.78 is 14.2. The quantitative estimate of drug-likeness (QED) is 0.225. The van der Waals surface area contributed by atoms with Gasteiger partial charge in [-0.25, -0.2) is 9.97 Å². The van der Waals surface area contributed by atoms with E-state index in [4.69, 9.17) is 15.2 Å². The predicted octanol–water partition coefficient (Wildman–Crippen LogP) is 4.04. The third kappa shape index (κ3) is 6.49. The molecule has 0 aliphatic rings. The number of nitrogens with zero attached hydrogens (tertiary/aromatic N) is 3. The Kier molecular flexibility index (Phi) is 8.55. The number of anilines is 3. The number of ether oxygens (including phenoxy) is 2. The molecule has 0 aliphatic heterocycles. The van der Waals surface area contributed by atoms with Crippen molar-refractivity contribution in [3.8, 4) is 22.8 Å². The van der Waals surface area contributed by atoms with E-state index in [0.29, 0.717) is 17.4 Å². The van der Waals surface area contributed by atoms with Gasteiger partial charge in [-0.15, -0.1) is 0 Å². The standard InChI is InChI=1S/C23H30N6O2S/c1-29(2)13-5-11-26-32-22-9-7-17(15-21(22)31-4)27-23-25-12-10-19(28-23)16-6-8-20(30-3)18(24)14-16/h6-10,12,14-15,26H,5,11,13,24H2,1-4H3,(H,25,27,28). The number of nitrogens with one attached hydrogen (secondary N) is 2. The lowest BCUT2D eigenvalue weighted by atomic mass is 10.1. The van der Waals surface area contributed by atoms with E-state index in [0.717, 1.165) is 47.1 Å². The maximum absolute atomic E-state index is 6.03. The maximum atomic E-state index is 6.03. The Balaban J connectivity index is 1.68. The number of nitrogen functional groups attached to an aromatic ring is 1. The third-order valence-electron chi connectivity index (χ3n) is 4.67. The van der Waals surface area contributed by atoms with Gasteiger partial charge in [0, 0.05) is 30.1 Å². The van der Waals surface area contributed by atoms with Crippen molar-refractivity contribution in [1.29, 1.82) is 0 Å². The van der Waals surface area contributed by atoms with Crippen molar-refractivity contribution >= 4 is 29.3 Å². The molecule has 0 radical (unpaired) electrons. The lowest BCUT2D eigenvalue weighted by Crippen LogP contribution is -2.17. The summed E-state index contributed by atoms with van der Waals surface area (Å²) in [5.41, 5.74) is 9.08. The minimum Gasteiger partial charge on any atom is -0.495 e. The molecule has 0 unspecified atom stereocenters. The Morgan fingerprint density at radius 2 is 1.84 bits per heavy atom. The first-order valence-corrected chi connectivity index (χ1v) is 11.1. The monoisotopic (exact) mass is 454 g/mol. The Labute approximate surface area is 193 Å². The normalized spacial score (nSPS) is 10.9. The van der Waals surface area contributed by atoms with Gasteiger partial charge in [0.05, 0.1) is 30.5 Å². The second-order valence-electron chi connectivity index (χ2n) is 7.37. The molecule has 8 nitrogen and oxygen atoms in total. The Morgan fingerprint density at radius 3 is 2.56 bits per heavy atom. The zero-order valence-corrected chi connectivity index (χ0v) is 19.7. The number of aromatic nitrogens is 2. The molecule has 1 heterocycles. The molecule has 9 heteroatoms. The number of hydrogen-bond acceptors (Lipinski definition) is 9. The van der Waals surface area contributed by atoms with Crippen molar-refractivity contribution in [2.24, 2.45) is 0 Å². The fourth-order valence-electron chi connectivity index (χ4n) is 3.03. The molecule has 0 saturated carbocycles. The summed E-state index contributed by atoms with van der Waals surface area (Å²) in [4.78, 5) is 12.1. The van der Waals surface area contributed by atoms with Crippen LogP contribution in [0.15, 0.2) is 53.6 Å². The van der Waals surface area contributed by atoms with Crippen molar-refractivity contribution in [1.82, 2.24) is 19.6 Å². The highest BCUT2D eigenvalue weighted by molar-refractivity contribution is 7.97. The first-order valence-electron chi connectivity index (χ1n) is 10.3. The summed E-state index contributed by atoms with van der Waals surface area (Å²) in [6.45, 7) is 1.97. The molecule has 0 spiro atoms. The summed E-state index contributed by atoms with van der Waals surface area (Å²) >= 11 is 1.57. The lowest BCUT2D eigenvalue weighted by Gasteiger charge is -2.13. The van der Waals surface area contributed by atoms with E-state index in [2.05, 4.69) is 39.0 Å². The SMILES string of the molecule is COc1ccc(-c2ccnc(Nc3ccc(SNCCCN(C)C)c(OC)c3)n2)cc1N. The molecule has 3 aromatic rings. The molecule has 0 fully saturated rings. The van der Waals surface area contributed by atoms with E-state index in [9.17, 15) is 0 Å². The average molecular weight is 455 g/mol. The zero-order chi connectivity index (χ0) is 22.9. The van der Waals surface area contributed by atoms with Gasteiger partial charge in [0.1, 0.15) is 11.5 Å². The van der Waals surface area contributed by atoms with Gasteiger partial charge in [-0.3, -0.25) is 4.72 Å². The van der Waals surface area contributed by atoms with Crippen LogP contribution in [-0.2, 0) is 0 Å². The molecule has 0 aliphatic carbocycles. The van der Waals surface area contributed by atoms with Gasteiger partial charge in [0.15, 0.2) is 0 Å². The van der Waals surface area contributed by atoms with Gasteiger partial charge >= 0.3 is 0 Å². The van der Waals surface area contributed by atoms with Crippen LogP contribution in [0.2, 0.25) is 0 Å². The van der Waals surface area contributed by atoms with Crippen molar-refractivity contribution in [2.45, 2.75) is 11.3 Å². The second-order valence-corrected chi connectivity index (χ2v) is 8.30. The summed E-state index contributed by atoms with van der Waals surface area (Å²) in [6, 6.07) is 13.4. The molecule has 0 bridgehead atoms. The highest BCUT2D eigenvalue weighted by Crippen LogP contribution is 2.32. The fourth-order valence-corrected chi connectivity index (χ4v) is 3.81. The number of rotatable bonds is 11. The molecule has 32 heavy (non-hydrogen) atoms. The van der Waals surface area contributed by atoms with Crippen LogP contribution in [-0.4, -0.2) is 56.3 Å². The maximum Gasteiger partial charge on any atom is 0.227 e. The highest BCUT2D eigenvalue weighted by Gasteiger charge is 2.09. The largest absolute Gasteiger partial charge is 0.495 e. The summed E-state index contributed by atoms with van der Waals surface area (Å²) in [5, 5.41) is 3.25. The lowest BCUT2D eigenvalue weighted by molar-refractivity contribution is 0.400. The van der Waals surface area contributed by atoms with E-state index in [1.54, 1.807) is 32.4 Å². The van der Waals surface area contributed by atoms with Crippen molar-refractivity contribution < 1.29 is 9.47 Å². The number of nitrogens with two attached hydrogens (primary N) is 1. The van der Waals surface area contributed by atoms with E-state index in [1.807, 2.05) is 42.5 Å². The number of hydrogen-bond donors (Lipinski definition) is 3. The zero-order valence-electron chi connectivity index (χ0n) is 18.9. The number of methoxy groups -OCH3 is 2. The molecule has 0 amide bonds. The topological polar surface area (TPSA) is 97.6 Å². The molecule has 4 N–H and O–H groups in total. The van der Waals surface area contributed by atoms with Crippen molar-refractivity contribution in [3.05, 3.63) is 48.7 Å². The Hall–Kier alpha value is -3.01.